The van der Waals surface area contributed by atoms with Gasteiger partial charge < -0.3 is 15.0 Å². The van der Waals surface area contributed by atoms with Crippen LogP contribution in [0.1, 0.15) is 52.5 Å². The van der Waals surface area contributed by atoms with Gasteiger partial charge in [0.25, 0.3) is 0 Å². The second kappa shape index (κ2) is 9.15. The Morgan fingerprint density at radius 1 is 1.15 bits per heavy atom. The standard InChI is InChI=1S/C24H33N5O5/c1-24(2,3)34-23(33)28-12-10-15(11-13-28)14-25-16-6-5-7-17-20(16)27(4)22(32)29(17)18-8-9-19(30)26-21(18)31/h5-7,15,18,25H,8-14H2,1-4H3,(H,26,30,31). The summed E-state index contributed by atoms with van der Waals surface area (Å²) in [5, 5.41) is 5.82. The molecule has 184 valence electrons. The fourth-order valence-corrected chi connectivity index (χ4v) is 4.71. The van der Waals surface area contributed by atoms with E-state index in [1.54, 1.807) is 16.5 Å². The van der Waals surface area contributed by atoms with Crippen molar-refractivity contribution < 1.29 is 19.1 Å². The molecular weight excluding hydrogens is 438 g/mol. The molecule has 3 amide bonds. The number of fused-ring (bicyclic) bond motifs is 1. The van der Waals surface area contributed by atoms with Crippen molar-refractivity contribution in [2.75, 3.05) is 25.0 Å². The molecule has 3 heterocycles. The molecule has 2 aromatic rings. The zero-order valence-electron chi connectivity index (χ0n) is 20.2. The van der Waals surface area contributed by atoms with Crippen molar-refractivity contribution in [3.63, 3.8) is 0 Å². The molecule has 4 rings (SSSR count). The van der Waals surface area contributed by atoms with E-state index >= 15 is 0 Å². The van der Waals surface area contributed by atoms with Crippen molar-refractivity contribution in [1.29, 1.82) is 0 Å². The number of imide groups is 1. The fourth-order valence-electron chi connectivity index (χ4n) is 4.71. The van der Waals surface area contributed by atoms with Gasteiger partial charge in [0.1, 0.15) is 11.6 Å². The van der Waals surface area contributed by atoms with Gasteiger partial charge in [0.05, 0.1) is 16.7 Å². The number of anilines is 1. The number of carbonyl (C=O) groups excluding carboxylic acids is 3. The van der Waals surface area contributed by atoms with Crippen molar-refractivity contribution in [3.8, 4) is 0 Å². The van der Waals surface area contributed by atoms with Crippen LogP contribution in [-0.4, -0.2) is 57.2 Å². The predicted octanol–water partition coefficient (Wildman–Crippen LogP) is 2.38. The van der Waals surface area contributed by atoms with Gasteiger partial charge in [-0.3, -0.25) is 24.0 Å². The first-order valence-corrected chi connectivity index (χ1v) is 11.8. The van der Waals surface area contributed by atoms with Crippen LogP contribution in [0.4, 0.5) is 10.5 Å². The van der Waals surface area contributed by atoms with E-state index < -0.39 is 17.6 Å². The Labute approximate surface area is 198 Å². The molecule has 1 atom stereocenters. The van der Waals surface area contributed by atoms with Crippen molar-refractivity contribution in [2.24, 2.45) is 13.0 Å². The fraction of sp³-hybridized carbons (Fsp3) is 0.583. The van der Waals surface area contributed by atoms with Gasteiger partial charge in [-0.1, -0.05) is 6.07 Å². The minimum absolute atomic E-state index is 0.208. The highest BCUT2D eigenvalue weighted by molar-refractivity contribution is 6.00. The Hall–Kier alpha value is -3.30. The number of hydrogen-bond acceptors (Lipinski definition) is 6. The number of piperidine rings is 2. The summed E-state index contributed by atoms with van der Waals surface area (Å²) in [6, 6.07) is 4.90. The van der Waals surface area contributed by atoms with Crippen LogP contribution < -0.4 is 16.3 Å². The lowest BCUT2D eigenvalue weighted by molar-refractivity contribution is -0.135. The van der Waals surface area contributed by atoms with E-state index in [0.717, 1.165) is 24.0 Å². The van der Waals surface area contributed by atoms with Crippen LogP contribution in [0.25, 0.3) is 11.0 Å². The number of aryl methyl sites for hydroxylation is 1. The van der Waals surface area contributed by atoms with Crippen molar-refractivity contribution >= 4 is 34.6 Å². The Kier molecular flexibility index (Phi) is 6.42. The molecular formula is C24H33N5O5. The minimum atomic E-state index is -0.707. The molecule has 2 aliphatic heterocycles. The first kappa shape index (κ1) is 23.8. The Bertz CT molecular complexity index is 1170. The van der Waals surface area contributed by atoms with E-state index in [2.05, 4.69) is 10.6 Å². The smallest absolute Gasteiger partial charge is 0.410 e. The Morgan fingerprint density at radius 2 is 1.85 bits per heavy atom. The molecule has 2 saturated heterocycles. The quantitative estimate of drug-likeness (QED) is 0.662. The van der Waals surface area contributed by atoms with Gasteiger partial charge >= 0.3 is 11.8 Å². The van der Waals surface area contributed by atoms with E-state index in [4.69, 9.17) is 4.74 Å². The van der Waals surface area contributed by atoms with E-state index in [1.165, 1.54) is 4.57 Å². The van der Waals surface area contributed by atoms with Crippen LogP contribution in [0, 0.1) is 5.92 Å². The molecule has 1 unspecified atom stereocenters. The second-order valence-corrected chi connectivity index (χ2v) is 10.1. The largest absolute Gasteiger partial charge is 0.444 e. The molecule has 0 spiro atoms. The number of para-hydroxylation sites is 1. The normalized spacial score (nSPS) is 19.9. The summed E-state index contributed by atoms with van der Waals surface area (Å²) in [5.74, 6) is -0.376. The summed E-state index contributed by atoms with van der Waals surface area (Å²) in [6.07, 6.45) is 1.96. The third kappa shape index (κ3) is 4.80. The molecule has 2 N–H and O–H groups in total. The molecule has 10 nitrogen and oxygen atoms in total. The summed E-state index contributed by atoms with van der Waals surface area (Å²) in [6.45, 7) is 7.60. The number of carbonyl (C=O) groups is 3. The summed E-state index contributed by atoms with van der Waals surface area (Å²) in [4.78, 5) is 51.1. The number of likely N-dealkylation sites (tertiary alicyclic amines) is 1. The highest BCUT2D eigenvalue weighted by Gasteiger charge is 2.32. The number of nitrogens with zero attached hydrogens (tertiary/aromatic N) is 3. The van der Waals surface area contributed by atoms with Crippen LogP contribution in [-0.2, 0) is 21.4 Å². The molecule has 1 aromatic heterocycles. The number of hydrogen-bond donors (Lipinski definition) is 2. The topological polar surface area (TPSA) is 115 Å². The molecule has 2 aliphatic rings. The maximum absolute atomic E-state index is 13.1. The van der Waals surface area contributed by atoms with Gasteiger partial charge in [0.15, 0.2) is 0 Å². The van der Waals surface area contributed by atoms with Gasteiger partial charge in [0, 0.05) is 33.1 Å². The van der Waals surface area contributed by atoms with Crippen LogP contribution in [0.5, 0.6) is 0 Å². The zero-order chi connectivity index (χ0) is 24.6. The molecule has 0 bridgehead atoms. The molecule has 0 aliphatic carbocycles. The Balaban J connectivity index is 1.46. The average molecular weight is 472 g/mol. The van der Waals surface area contributed by atoms with Gasteiger partial charge in [-0.25, -0.2) is 9.59 Å². The van der Waals surface area contributed by atoms with Gasteiger partial charge in [-0.05, 0) is 58.1 Å². The van der Waals surface area contributed by atoms with Gasteiger partial charge in [-0.2, -0.15) is 0 Å². The van der Waals surface area contributed by atoms with Crippen LogP contribution in [0.15, 0.2) is 23.0 Å². The van der Waals surface area contributed by atoms with E-state index in [0.29, 0.717) is 37.5 Å². The molecule has 0 radical (unpaired) electrons. The SMILES string of the molecule is Cn1c(=O)n(C2CCC(=O)NC2=O)c2cccc(NCC3CCN(C(=O)OC(C)(C)C)CC3)c21. The average Bonchev–Trinajstić information content (AvgIpc) is 3.02. The summed E-state index contributed by atoms with van der Waals surface area (Å²) in [5.41, 5.74) is 1.41. The molecule has 2 fully saturated rings. The number of benzene rings is 1. The predicted molar refractivity (Wildman–Crippen MR) is 128 cm³/mol. The van der Waals surface area contributed by atoms with E-state index in [-0.39, 0.29) is 24.1 Å². The number of rotatable bonds is 4. The maximum Gasteiger partial charge on any atom is 0.410 e. The lowest BCUT2D eigenvalue weighted by atomic mass is 9.97. The minimum Gasteiger partial charge on any atom is -0.444 e. The van der Waals surface area contributed by atoms with E-state index in [9.17, 15) is 19.2 Å². The van der Waals surface area contributed by atoms with E-state index in [1.807, 2.05) is 39.0 Å². The molecule has 10 heteroatoms. The summed E-state index contributed by atoms with van der Waals surface area (Å²) >= 11 is 0. The van der Waals surface area contributed by atoms with Crippen LogP contribution in [0.2, 0.25) is 0 Å². The number of nitrogens with one attached hydrogen (secondary N) is 2. The highest BCUT2D eigenvalue weighted by atomic mass is 16.6. The first-order chi connectivity index (χ1) is 16.0. The Morgan fingerprint density at radius 3 is 2.50 bits per heavy atom. The van der Waals surface area contributed by atoms with Crippen molar-refractivity contribution in [1.82, 2.24) is 19.4 Å². The van der Waals surface area contributed by atoms with Gasteiger partial charge in [0.2, 0.25) is 11.8 Å². The third-order valence-corrected chi connectivity index (χ3v) is 6.47. The number of amides is 3. The summed E-state index contributed by atoms with van der Waals surface area (Å²) < 4.78 is 8.51. The second-order valence-electron chi connectivity index (χ2n) is 10.1. The molecule has 1 aromatic carbocycles. The third-order valence-electron chi connectivity index (χ3n) is 6.47. The maximum atomic E-state index is 13.1. The van der Waals surface area contributed by atoms with Crippen LogP contribution >= 0.6 is 0 Å². The highest BCUT2D eigenvalue weighted by Crippen LogP contribution is 2.28. The monoisotopic (exact) mass is 471 g/mol. The van der Waals surface area contributed by atoms with Crippen molar-refractivity contribution in [2.45, 2.75) is 58.1 Å². The zero-order valence-corrected chi connectivity index (χ0v) is 20.2. The van der Waals surface area contributed by atoms with Crippen LogP contribution in [0.3, 0.4) is 0 Å². The molecule has 0 saturated carbocycles. The van der Waals surface area contributed by atoms with Crippen molar-refractivity contribution in [3.05, 3.63) is 28.7 Å². The number of ether oxygens (including phenoxy) is 1. The number of aromatic nitrogens is 2. The number of imidazole rings is 1. The summed E-state index contributed by atoms with van der Waals surface area (Å²) in [7, 11) is 1.69. The lowest BCUT2D eigenvalue weighted by Crippen LogP contribution is -2.44. The molecule has 34 heavy (non-hydrogen) atoms. The van der Waals surface area contributed by atoms with Gasteiger partial charge in [-0.15, -0.1) is 0 Å². The lowest BCUT2D eigenvalue weighted by Gasteiger charge is -2.33. The first-order valence-electron chi connectivity index (χ1n) is 11.8.